The first-order valence-electron chi connectivity index (χ1n) is 3.80. The predicted octanol–water partition coefficient (Wildman–Crippen LogP) is -1.81. The maximum atomic E-state index is 8.55. The Morgan fingerprint density at radius 1 is 1.45 bits per heavy atom. The van der Waals surface area contributed by atoms with Gasteiger partial charge in [0.15, 0.2) is 0 Å². The van der Waals surface area contributed by atoms with Gasteiger partial charge in [0, 0.05) is 6.61 Å². The van der Waals surface area contributed by atoms with E-state index in [0.717, 1.165) is 19.3 Å². The zero-order chi connectivity index (χ0) is 8.32. The molecule has 0 bridgehead atoms. The third-order valence-electron chi connectivity index (χ3n) is 1.79. The summed E-state index contributed by atoms with van der Waals surface area (Å²) in [6.45, 7) is 0.663. The Morgan fingerprint density at radius 3 is 2.64 bits per heavy atom. The van der Waals surface area contributed by atoms with Gasteiger partial charge in [-0.1, -0.05) is 0 Å². The number of rotatable bonds is 2. The van der Waals surface area contributed by atoms with Gasteiger partial charge >= 0.3 is 7.32 Å². The highest BCUT2D eigenvalue weighted by Gasteiger charge is 2.32. The average Bonchev–Trinajstić information content (AvgIpc) is 1.85. The van der Waals surface area contributed by atoms with Crippen LogP contribution in [0.5, 0.6) is 0 Å². The molecule has 0 aromatic carbocycles. The highest BCUT2D eigenvalue weighted by Crippen LogP contribution is 2.22. The zero-order valence-electron chi connectivity index (χ0n) is 6.62. The molecule has 4 nitrogen and oxygen atoms in total. The molecule has 1 rings (SSSR count). The van der Waals surface area contributed by atoms with Crippen molar-refractivity contribution in [1.29, 1.82) is 0 Å². The summed E-state index contributed by atoms with van der Waals surface area (Å²) in [7, 11) is -1.04. The Labute approximate surface area is 69.1 Å². The van der Waals surface area contributed by atoms with Gasteiger partial charge in [0.1, 0.15) is 5.41 Å². The van der Waals surface area contributed by atoms with Crippen LogP contribution in [0, 0.1) is 0 Å². The van der Waals surface area contributed by atoms with E-state index in [1.807, 2.05) is 0 Å². The number of ether oxygens (including phenoxy) is 1. The molecule has 64 valence electrons. The van der Waals surface area contributed by atoms with Gasteiger partial charge in [0.2, 0.25) is 0 Å². The predicted molar refractivity (Wildman–Crippen MR) is 43.7 cm³/mol. The van der Waals surface area contributed by atoms with Crippen LogP contribution in [0.3, 0.4) is 0 Å². The highest BCUT2D eigenvalue weighted by molar-refractivity contribution is 6.34. The van der Waals surface area contributed by atoms with Gasteiger partial charge in [0.25, 0.3) is 0 Å². The number of hydrogen-bond donors (Lipinski definition) is 2. The molecule has 1 fully saturated rings. The highest BCUT2D eigenvalue weighted by atomic mass is 28.1. The monoisotopic (exact) mass is 176 g/mol. The van der Waals surface area contributed by atoms with Gasteiger partial charge in [-0.25, -0.2) is 0 Å². The molecule has 1 aliphatic heterocycles. The summed E-state index contributed by atoms with van der Waals surface area (Å²) >= 11 is 0. The average molecular weight is 176 g/mol. The van der Waals surface area contributed by atoms with E-state index < -0.39 is 12.7 Å². The Kier molecular flexibility index (Phi) is 3.08. The van der Waals surface area contributed by atoms with Gasteiger partial charge < -0.3 is 19.4 Å². The first-order valence-corrected chi connectivity index (χ1v) is 4.80. The molecule has 0 aliphatic carbocycles. The summed E-state index contributed by atoms with van der Waals surface area (Å²) in [6.07, 6.45) is 2.85. The quantitative estimate of drug-likeness (QED) is 0.487. The van der Waals surface area contributed by atoms with Crippen LogP contribution in [-0.2, 0) is 9.39 Å². The summed E-state index contributed by atoms with van der Waals surface area (Å²) in [5.74, 6) is 0. The van der Waals surface area contributed by atoms with Crippen molar-refractivity contribution < 1.29 is 19.4 Å². The van der Waals surface area contributed by atoms with Crippen LogP contribution in [0.2, 0.25) is 0 Å². The summed E-state index contributed by atoms with van der Waals surface area (Å²) in [6, 6.07) is 0. The summed E-state index contributed by atoms with van der Waals surface area (Å²) in [5.41, 5.74) is -0.660. The van der Waals surface area contributed by atoms with E-state index in [-0.39, 0.29) is 0 Å². The molecule has 2 N–H and O–H groups in total. The Balaban J connectivity index is 2.37. The first kappa shape index (κ1) is 9.21. The maximum absolute atomic E-state index is 8.55. The molecule has 1 atom stereocenters. The van der Waals surface area contributed by atoms with Gasteiger partial charge in [-0.2, -0.15) is 0 Å². The van der Waals surface area contributed by atoms with E-state index in [4.69, 9.17) is 19.4 Å². The molecule has 6 heteroatoms. The Bertz CT molecular complexity index is 126. The van der Waals surface area contributed by atoms with Gasteiger partial charge in [-0.15, -0.1) is 0 Å². The molecule has 0 amide bonds. The van der Waals surface area contributed by atoms with E-state index >= 15 is 0 Å². The molecular formula is C5H13BO4Si. The molecule has 1 unspecified atom stereocenters. The van der Waals surface area contributed by atoms with E-state index in [1.165, 1.54) is 0 Å². The van der Waals surface area contributed by atoms with E-state index in [9.17, 15) is 0 Å². The van der Waals surface area contributed by atoms with Crippen molar-refractivity contribution in [3.8, 4) is 0 Å². The maximum Gasteiger partial charge on any atom is 0.635 e. The fourth-order valence-corrected chi connectivity index (χ4v) is 1.99. The van der Waals surface area contributed by atoms with Crippen molar-refractivity contribution in [3.63, 3.8) is 0 Å². The second-order valence-electron chi connectivity index (χ2n) is 2.88. The summed E-state index contributed by atoms with van der Waals surface area (Å²) < 4.78 is 10.1. The standard InChI is InChI=1S/C5H13BO4Si/c7-6(8)10-5(11)3-1-2-4-9-5/h7-8H,1-4H2,11H3. The van der Waals surface area contributed by atoms with Crippen LogP contribution in [0.4, 0.5) is 0 Å². The van der Waals surface area contributed by atoms with Crippen molar-refractivity contribution >= 4 is 17.6 Å². The zero-order valence-corrected chi connectivity index (χ0v) is 8.62. The molecule has 0 aromatic heterocycles. The molecule has 11 heavy (non-hydrogen) atoms. The van der Waals surface area contributed by atoms with Crippen molar-refractivity contribution in [1.82, 2.24) is 0 Å². The lowest BCUT2D eigenvalue weighted by molar-refractivity contribution is -0.160. The van der Waals surface area contributed by atoms with Crippen LogP contribution in [0.25, 0.3) is 0 Å². The molecule has 1 heterocycles. The van der Waals surface area contributed by atoms with E-state index in [0.29, 0.717) is 16.8 Å². The van der Waals surface area contributed by atoms with E-state index in [1.54, 1.807) is 0 Å². The molecular weight excluding hydrogens is 163 g/mol. The Hall–Kier alpha value is 0.122. The van der Waals surface area contributed by atoms with Crippen LogP contribution in [-0.4, -0.2) is 39.6 Å². The molecule has 1 aliphatic rings. The molecule has 0 radical (unpaired) electrons. The van der Waals surface area contributed by atoms with Crippen molar-refractivity contribution in [2.75, 3.05) is 6.61 Å². The van der Waals surface area contributed by atoms with Crippen molar-refractivity contribution in [2.45, 2.75) is 24.7 Å². The second-order valence-corrected chi connectivity index (χ2v) is 4.41. The minimum absolute atomic E-state index is 0.660. The van der Waals surface area contributed by atoms with Crippen LogP contribution in [0.15, 0.2) is 0 Å². The minimum atomic E-state index is -1.70. The lowest BCUT2D eigenvalue weighted by atomic mass is 10.1. The van der Waals surface area contributed by atoms with E-state index in [2.05, 4.69) is 0 Å². The second kappa shape index (κ2) is 3.68. The van der Waals surface area contributed by atoms with Crippen molar-refractivity contribution in [3.05, 3.63) is 0 Å². The molecule has 0 spiro atoms. The van der Waals surface area contributed by atoms with Gasteiger partial charge in [-0.05, 0) is 19.3 Å². The largest absolute Gasteiger partial charge is 0.635 e. The first-order chi connectivity index (χ1) is 5.12. The third-order valence-corrected chi connectivity index (χ3v) is 2.81. The topological polar surface area (TPSA) is 58.9 Å². The lowest BCUT2D eigenvalue weighted by Gasteiger charge is -2.34. The normalized spacial score (nSPS) is 32.2. The van der Waals surface area contributed by atoms with Crippen LogP contribution >= 0.6 is 0 Å². The van der Waals surface area contributed by atoms with Crippen molar-refractivity contribution in [2.24, 2.45) is 0 Å². The number of hydrogen-bond acceptors (Lipinski definition) is 4. The summed E-state index contributed by atoms with van der Waals surface area (Å²) in [4.78, 5) is 0. The molecule has 0 saturated carbocycles. The van der Waals surface area contributed by atoms with Crippen LogP contribution < -0.4 is 0 Å². The van der Waals surface area contributed by atoms with Gasteiger partial charge in [-0.3, -0.25) is 0 Å². The fraction of sp³-hybridized carbons (Fsp3) is 1.00. The summed E-state index contributed by atoms with van der Waals surface area (Å²) in [5, 5.41) is 17.1. The third kappa shape index (κ3) is 2.92. The SMILES string of the molecule is OB(O)OC1([SiH3])CCCCO1. The van der Waals surface area contributed by atoms with Gasteiger partial charge in [0.05, 0.1) is 10.2 Å². The Morgan fingerprint density at radius 2 is 2.18 bits per heavy atom. The lowest BCUT2D eigenvalue weighted by Crippen LogP contribution is -2.44. The molecule has 0 aromatic rings. The minimum Gasteiger partial charge on any atom is -0.402 e. The van der Waals surface area contributed by atoms with Crippen LogP contribution in [0.1, 0.15) is 19.3 Å². The fourth-order valence-electron chi connectivity index (χ4n) is 1.22. The molecule has 1 saturated heterocycles. The smallest absolute Gasteiger partial charge is 0.402 e.